The van der Waals surface area contributed by atoms with Crippen LogP contribution in [0.1, 0.15) is 40.3 Å². The zero-order valence-electron chi connectivity index (χ0n) is 15.7. The molecule has 0 aliphatic carbocycles. The van der Waals surface area contributed by atoms with E-state index in [9.17, 15) is 5.11 Å². The molecule has 0 bridgehead atoms. The summed E-state index contributed by atoms with van der Waals surface area (Å²) < 4.78 is 8.81. The lowest BCUT2D eigenvalue weighted by molar-refractivity contribution is 0.104. The van der Waals surface area contributed by atoms with Crippen LogP contribution in [0.5, 0.6) is 5.75 Å². The molecule has 3 aromatic rings. The van der Waals surface area contributed by atoms with Gasteiger partial charge in [0.05, 0.1) is 28.4 Å². The molecule has 1 N–H and O–H groups in total. The van der Waals surface area contributed by atoms with Gasteiger partial charge >= 0.3 is 0 Å². The first-order valence-corrected chi connectivity index (χ1v) is 10.6. The van der Waals surface area contributed by atoms with E-state index in [1.807, 2.05) is 24.3 Å². The Morgan fingerprint density at radius 1 is 1.15 bits per heavy atom. The number of halogens is 1. The Labute approximate surface area is 164 Å². The third kappa shape index (κ3) is 4.00. The molecule has 1 aromatic carbocycles. The molecule has 0 aliphatic rings. The lowest BCUT2D eigenvalue weighted by atomic mass is 10.1. The SMILES string of the molecule is CC(C)(C)[SiH2]OC(C)(C)c1cccc(-n2ncc3c(O)cc(Br)cc32)n1. The van der Waals surface area contributed by atoms with E-state index >= 15 is 0 Å². The Kier molecular flexibility index (Phi) is 4.98. The van der Waals surface area contributed by atoms with Gasteiger partial charge in [-0.05, 0) is 43.2 Å². The molecule has 3 rings (SSSR count). The summed E-state index contributed by atoms with van der Waals surface area (Å²) >= 11 is 3.42. The summed E-state index contributed by atoms with van der Waals surface area (Å²) in [5, 5.41) is 15.5. The van der Waals surface area contributed by atoms with Crippen molar-refractivity contribution in [1.29, 1.82) is 0 Å². The molecule has 0 spiro atoms. The van der Waals surface area contributed by atoms with Gasteiger partial charge in [-0.15, -0.1) is 0 Å². The zero-order valence-corrected chi connectivity index (χ0v) is 18.7. The number of pyridine rings is 1. The Morgan fingerprint density at radius 3 is 2.58 bits per heavy atom. The van der Waals surface area contributed by atoms with E-state index in [4.69, 9.17) is 9.41 Å². The molecule has 0 unspecified atom stereocenters. The predicted molar refractivity (Wildman–Crippen MR) is 111 cm³/mol. The first-order valence-electron chi connectivity index (χ1n) is 8.55. The van der Waals surface area contributed by atoms with Crippen molar-refractivity contribution >= 4 is 36.6 Å². The van der Waals surface area contributed by atoms with Crippen molar-refractivity contribution in [3.05, 3.63) is 46.7 Å². The van der Waals surface area contributed by atoms with Gasteiger partial charge in [-0.1, -0.05) is 42.8 Å². The molecule has 5 nitrogen and oxygen atoms in total. The van der Waals surface area contributed by atoms with Gasteiger partial charge in [-0.2, -0.15) is 5.10 Å². The summed E-state index contributed by atoms with van der Waals surface area (Å²) in [6.07, 6.45) is 1.65. The summed E-state index contributed by atoms with van der Waals surface area (Å²) in [6.45, 7) is 10.7. The number of aromatic nitrogens is 3. The van der Waals surface area contributed by atoms with Crippen LogP contribution in [-0.4, -0.2) is 29.6 Å². The van der Waals surface area contributed by atoms with Crippen LogP contribution >= 0.6 is 15.9 Å². The fraction of sp³-hybridized carbons (Fsp3) is 0.368. The van der Waals surface area contributed by atoms with Crippen LogP contribution < -0.4 is 0 Å². The molecule has 0 radical (unpaired) electrons. The van der Waals surface area contributed by atoms with E-state index < -0.39 is 15.4 Å². The molecule has 7 heteroatoms. The highest BCUT2D eigenvalue weighted by molar-refractivity contribution is 9.10. The molecule has 0 amide bonds. The van der Waals surface area contributed by atoms with E-state index in [0.29, 0.717) is 11.2 Å². The first-order chi connectivity index (χ1) is 12.1. The van der Waals surface area contributed by atoms with Crippen LogP contribution in [0, 0.1) is 0 Å². The minimum atomic E-state index is -0.709. The fourth-order valence-electron chi connectivity index (χ4n) is 2.60. The standard InChI is InChI=1S/C19H24BrN3O2Si/c1-18(2,3)26-25-19(4,5)16-7-6-8-17(22-16)23-14-9-12(20)10-15(24)13(14)11-21-23/h6-11,24H,26H2,1-5H3. The van der Waals surface area contributed by atoms with Crippen molar-refractivity contribution in [2.75, 3.05) is 0 Å². The number of nitrogens with zero attached hydrogens (tertiary/aromatic N) is 3. The van der Waals surface area contributed by atoms with Crippen molar-refractivity contribution in [2.24, 2.45) is 0 Å². The van der Waals surface area contributed by atoms with E-state index in [1.165, 1.54) is 0 Å². The lowest BCUT2D eigenvalue weighted by Crippen LogP contribution is -2.28. The number of hydrogen-bond acceptors (Lipinski definition) is 4. The minimum Gasteiger partial charge on any atom is -0.507 e. The largest absolute Gasteiger partial charge is 0.507 e. The van der Waals surface area contributed by atoms with Crippen LogP contribution in [0.15, 0.2) is 41.0 Å². The number of benzene rings is 1. The summed E-state index contributed by atoms with van der Waals surface area (Å²) in [6, 6.07) is 9.44. The van der Waals surface area contributed by atoms with Crippen molar-refractivity contribution in [2.45, 2.75) is 45.3 Å². The maximum Gasteiger partial charge on any atom is 0.168 e. The molecule has 26 heavy (non-hydrogen) atoms. The topological polar surface area (TPSA) is 60.2 Å². The van der Waals surface area contributed by atoms with Gasteiger partial charge in [-0.25, -0.2) is 9.67 Å². The van der Waals surface area contributed by atoms with Gasteiger partial charge in [0.25, 0.3) is 0 Å². The monoisotopic (exact) mass is 433 g/mol. The van der Waals surface area contributed by atoms with E-state index in [1.54, 1.807) is 16.9 Å². The molecule has 0 saturated carbocycles. The number of fused-ring (bicyclic) bond motifs is 1. The number of aromatic hydroxyl groups is 1. The Hall–Kier alpha value is -1.70. The fourth-order valence-corrected chi connectivity index (χ4v) is 3.98. The van der Waals surface area contributed by atoms with Crippen molar-refractivity contribution in [1.82, 2.24) is 14.8 Å². The average Bonchev–Trinajstić information content (AvgIpc) is 2.97. The van der Waals surface area contributed by atoms with Crippen LogP contribution in [0.25, 0.3) is 16.7 Å². The van der Waals surface area contributed by atoms with Crippen LogP contribution in [0.2, 0.25) is 5.04 Å². The predicted octanol–water partition coefficient (Wildman–Crippen LogP) is 4.44. The molecule has 0 saturated heterocycles. The minimum absolute atomic E-state index is 0.191. The number of phenolic OH excluding ortho intramolecular Hbond substituents is 1. The maximum absolute atomic E-state index is 10.1. The van der Waals surface area contributed by atoms with Gasteiger partial charge < -0.3 is 9.53 Å². The van der Waals surface area contributed by atoms with Gasteiger partial charge in [0.2, 0.25) is 0 Å². The second kappa shape index (κ2) is 6.79. The molecular formula is C19H24BrN3O2Si. The van der Waals surface area contributed by atoms with Gasteiger partial charge in [-0.3, -0.25) is 0 Å². The Bertz CT molecular complexity index is 948. The summed E-state index contributed by atoms with van der Waals surface area (Å²) in [7, 11) is -0.709. The van der Waals surface area contributed by atoms with Crippen LogP contribution in [0.3, 0.4) is 0 Å². The van der Waals surface area contributed by atoms with E-state index in [-0.39, 0.29) is 10.8 Å². The lowest BCUT2D eigenvalue weighted by Gasteiger charge is -2.29. The van der Waals surface area contributed by atoms with Crippen molar-refractivity contribution in [3.8, 4) is 11.6 Å². The summed E-state index contributed by atoms with van der Waals surface area (Å²) in [4.78, 5) is 4.80. The van der Waals surface area contributed by atoms with Crippen molar-refractivity contribution in [3.63, 3.8) is 0 Å². The highest BCUT2D eigenvalue weighted by atomic mass is 79.9. The molecule has 0 fully saturated rings. The average molecular weight is 434 g/mol. The zero-order chi connectivity index (χ0) is 19.1. The number of phenols is 1. The van der Waals surface area contributed by atoms with Gasteiger partial charge in [0.15, 0.2) is 15.6 Å². The van der Waals surface area contributed by atoms with E-state index in [2.05, 4.69) is 55.6 Å². The molecule has 138 valence electrons. The van der Waals surface area contributed by atoms with Crippen LogP contribution in [-0.2, 0) is 10.0 Å². The molecule has 0 aliphatic heterocycles. The Morgan fingerprint density at radius 2 is 1.88 bits per heavy atom. The summed E-state index contributed by atoms with van der Waals surface area (Å²) in [5.41, 5.74) is 1.21. The highest BCUT2D eigenvalue weighted by Crippen LogP contribution is 2.31. The van der Waals surface area contributed by atoms with Crippen molar-refractivity contribution < 1.29 is 9.53 Å². The second-order valence-corrected chi connectivity index (χ2v) is 11.8. The smallest absolute Gasteiger partial charge is 0.168 e. The second-order valence-electron chi connectivity index (χ2n) is 8.15. The summed E-state index contributed by atoms with van der Waals surface area (Å²) in [5.74, 6) is 0.890. The quantitative estimate of drug-likeness (QED) is 0.617. The first kappa shape index (κ1) is 19.1. The van der Waals surface area contributed by atoms with Gasteiger partial charge in [0.1, 0.15) is 5.75 Å². The molecule has 2 aromatic heterocycles. The van der Waals surface area contributed by atoms with E-state index in [0.717, 1.165) is 15.7 Å². The molecular weight excluding hydrogens is 410 g/mol. The van der Waals surface area contributed by atoms with Crippen LogP contribution in [0.4, 0.5) is 0 Å². The Balaban J connectivity index is 2.00. The third-order valence-electron chi connectivity index (χ3n) is 4.07. The molecule has 2 heterocycles. The normalized spacial score (nSPS) is 13.2. The highest BCUT2D eigenvalue weighted by Gasteiger charge is 2.26. The number of rotatable bonds is 4. The van der Waals surface area contributed by atoms with Gasteiger partial charge in [0, 0.05) is 4.47 Å². The number of hydrogen-bond donors (Lipinski definition) is 1. The molecule has 0 atom stereocenters. The third-order valence-corrected chi connectivity index (χ3v) is 6.26. The maximum atomic E-state index is 10.1.